The second-order valence-electron chi connectivity index (χ2n) is 23.2. The predicted octanol–water partition coefficient (Wildman–Crippen LogP) is 8.32. The van der Waals surface area contributed by atoms with Crippen LogP contribution in [0, 0.1) is 35.8 Å². The quantitative estimate of drug-likeness (QED) is 0.126. The van der Waals surface area contributed by atoms with Crippen molar-refractivity contribution in [2.24, 2.45) is 18.9 Å². The molecule has 0 saturated carbocycles. The molecule has 6 saturated heterocycles. The Kier molecular flexibility index (Phi) is 13.8. The summed E-state index contributed by atoms with van der Waals surface area (Å²) in [7, 11) is 1.91. The van der Waals surface area contributed by atoms with E-state index in [1.54, 1.807) is 18.2 Å². The van der Waals surface area contributed by atoms with Crippen LogP contribution in [-0.4, -0.2) is 147 Å². The molecule has 7 aliphatic rings. The van der Waals surface area contributed by atoms with Gasteiger partial charge in [0.15, 0.2) is 5.82 Å². The minimum absolute atomic E-state index is 0.0237. The van der Waals surface area contributed by atoms with Gasteiger partial charge in [-0.25, -0.2) is 22.9 Å². The lowest BCUT2D eigenvalue weighted by molar-refractivity contribution is -0.127. The number of terminal acetylenes is 1. The standard InChI is InChI=1S/C60H67F3N10O6/c1-3-41-45(61)14-9-36-7-4-8-43(50(36)41)54-52(63)55-51-47(64-54)15-11-39-32-77-28-6-23-72(39)56(51)67-58(66-55)79-34-60-21-5-24-73(60)40(17-22-60)33-78-59(76)71-27-20-37(46(62)31-71)29-35-18-25-70(26-19-35)38-10-12-42-48(30-38)69(2)68-53(42)44-13-16-49(74)65-57(44)75/h1,4,7-10,12,14,30,35,37,39-40,44,46,57,75H,5-6,11,13,15-29,31-34H2,2H3,(H,65,74)/t37-,39-,40-,44?,46+,57?,60-/m0/s1. The molecular formula is C60H67F3N10O6. The number of hydrogen-bond acceptors (Lipinski definition) is 13. The number of carbonyl (C=O) groups is 2. The van der Waals surface area contributed by atoms with Crippen LogP contribution in [0.2, 0.25) is 0 Å². The fraction of sp³-hybridized carbons (Fsp3) is 0.533. The minimum Gasteiger partial charge on any atom is -0.461 e. The fourth-order valence-electron chi connectivity index (χ4n) is 14.5. The third-order valence-electron chi connectivity index (χ3n) is 18.7. The van der Waals surface area contributed by atoms with E-state index in [1.807, 2.05) is 17.8 Å². The van der Waals surface area contributed by atoms with E-state index < -0.39 is 30.1 Å². The van der Waals surface area contributed by atoms with E-state index in [0.29, 0.717) is 97.6 Å². The van der Waals surface area contributed by atoms with Crippen LogP contribution in [0.25, 0.3) is 43.8 Å². The average Bonchev–Trinajstić information content (AvgIpc) is 4.26. The molecule has 0 aliphatic carbocycles. The lowest BCUT2D eigenvalue weighted by atomic mass is 9.82. The number of pyridine rings is 1. The topological polar surface area (TPSA) is 164 Å². The van der Waals surface area contributed by atoms with Crippen LogP contribution < -0.4 is 19.9 Å². The summed E-state index contributed by atoms with van der Waals surface area (Å²) in [6.45, 7) is 5.21. The first kappa shape index (κ1) is 51.7. The third kappa shape index (κ3) is 9.44. The first-order valence-electron chi connectivity index (χ1n) is 28.5. The highest BCUT2D eigenvalue weighted by molar-refractivity contribution is 6.03. The zero-order valence-corrected chi connectivity index (χ0v) is 44.6. The molecule has 0 spiro atoms. The number of aryl methyl sites for hydroxylation is 2. The smallest absolute Gasteiger partial charge is 0.409 e. The third-order valence-corrected chi connectivity index (χ3v) is 18.7. The SMILES string of the molecule is C#Cc1c(F)ccc2cccc(-c3nc4c5c(nc(OC[C@@]67CCCN6[C@H](COC(=O)N6CC[C@@H](CC8CCN(c9ccc%10c(C%11CCC(=O)NC%11O)nn(C)c%10c9)CC8)[C@H](F)C6)CC7)nc5c3F)N3CCCOC[C@@H]3CC4)c12. The monoisotopic (exact) mass is 1080 g/mol. The molecule has 0 bridgehead atoms. The Morgan fingerprint density at radius 2 is 1.84 bits per heavy atom. The summed E-state index contributed by atoms with van der Waals surface area (Å²) in [6.07, 6.45) is 12.9. The molecular weight excluding hydrogens is 1010 g/mol. The Morgan fingerprint density at radius 1 is 0.962 bits per heavy atom. The van der Waals surface area contributed by atoms with E-state index in [4.69, 9.17) is 40.7 Å². The second-order valence-corrected chi connectivity index (χ2v) is 23.2. The highest BCUT2D eigenvalue weighted by Crippen LogP contribution is 2.45. The van der Waals surface area contributed by atoms with Crippen LogP contribution >= 0.6 is 0 Å². The van der Waals surface area contributed by atoms with E-state index in [2.05, 4.69) is 44.1 Å². The lowest BCUT2D eigenvalue weighted by Crippen LogP contribution is -2.49. The van der Waals surface area contributed by atoms with Gasteiger partial charge in [0, 0.05) is 80.2 Å². The van der Waals surface area contributed by atoms with E-state index in [-0.39, 0.29) is 77.9 Å². The van der Waals surface area contributed by atoms with Crippen LogP contribution in [0.1, 0.15) is 99.9 Å². The minimum atomic E-state index is -1.13. The van der Waals surface area contributed by atoms with E-state index in [0.717, 1.165) is 93.3 Å². The summed E-state index contributed by atoms with van der Waals surface area (Å²) in [5.41, 5.74) is 3.71. The number of likely N-dealkylation sites (tertiary alicyclic amines) is 1. The van der Waals surface area contributed by atoms with Crippen molar-refractivity contribution in [3.05, 3.63) is 77.1 Å². The lowest BCUT2D eigenvalue weighted by Gasteiger charge is -2.39. The summed E-state index contributed by atoms with van der Waals surface area (Å²) in [5, 5.41) is 20.6. The summed E-state index contributed by atoms with van der Waals surface area (Å²) in [5.74, 6) is 1.69. The number of benzene rings is 3. The molecule has 7 aliphatic heterocycles. The number of aliphatic hydroxyl groups is 1. The predicted molar refractivity (Wildman–Crippen MR) is 293 cm³/mol. The number of aromatic nitrogens is 5. The largest absolute Gasteiger partial charge is 0.461 e. The zero-order valence-electron chi connectivity index (χ0n) is 44.6. The summed E-state index contributed by atoms with van der Waals surface area (Å²) < 4.78 is 69.2. The number of hydrogen-bond donors (Lipinski definition) is 2. The van der Waals surface area contributed by atoms with Gasteiger partial charge in [0.2, 0.25) is 5.91 Å². The summed E-state index contributed by atoms with van der Waals surface area (Å²) in [4.78, 5) is 48.8. The summed E-state index contributed by atoms with van der Waals surface area (Å²) >= 11 is 0. The van der Waals surface area contributed by atoms with E-state index >= 15 is 13.2 Å². The highest BCUT2D eigenvalue weighted by atomic mass is 19.1. The molecule has 13 rings (SSSR count). The molecule has 0 radical (unpaired) electrons. The maximum Gasteiger partial charge on any atom is 0.409 e. The number of halogens is 3. The van der Waals surface area contributed by atoms with Crippen LogP contribution in [0.4, 0.5) is 29.5 Å². The van der Waals surface area contributed by atoms with Crippen LogP contribution in [0.5, 0.6) is 6.01 Å². The van der Waals surface area contributed by atoms with Gasteiger partial charge in [-0.15, -0.1) is 6.42 Å². The van der Waals surface area contributed by atoms with Gasteiger partial charge >= 0.3 is 12.1 Å². The van der Waals surface area contributed by atoms with Gasteiger partial charge in [-0.2, -0.15) is 15.1 Å². The van der Waals surface area contributed by atoms with Crippen molar-refractivity contribution < 1.29 is 42.1 Å². The van der Waals surface area contributed by atoms with E-state index in [1.165, 1.54) is 11.0 Å². The number of nitrogens with zero attached hydrogens (tertiary/aromatic N) is 9. The van der Waals surface area contributed by atoms with Crippen LogP contribution in [-0.2, 0) is 27.7 Å². The molecule has 3 aromatic heterocycles. The van der Waals surface area contributed by atoms with Gasteiger partial charge in [-0.05, 0) is 125 Å². The van der Waals surface area contributed by atoms with Crippen molar-refractivity contribution in [1.82, 2.24) is 39.8 Å². The van der Waals surface area contributed by atoms with Gasteiger partial charge in [-0.3, -0.25) is 14.4 Å². The Labute approximate surface area is 456 Å². The van der Waals surface area contributed by atoms with Crippen molar-refractivity contribution in [1.29, 1.82) is 0 Å². The number of alkyl halides is 1. The van der Waals surface area contributed by atoms with Gasteiger partial charge < -0.3 is 39.3 Å². The normalized spacial score (nSPS) is 26.7. The van der Waals surface area contributed by atoms with Crippen molar-refractivity contribution in [3.63, 3.8) is 0 Å². The Bertz CT molecular complexity index is 3400. The van der Waals surface area contributed by atoms with Crippen molar-refractivity contribution in [2.75, 3.05) is 75.5 Å². The number of amides is 2. The number of nitrogens with one attached hydrogen (secondary N) is 1. The number of ether oxygens (including phenoxy) is 3. The van der Waals surface area contributed by atoms with Gasteiger partial charge in [0.25, 0.3) is 0 Å². The average molecular weight is 1080 g/mol. The Morgan fingerprint density at radius 3 is 2.67 bits per heavy atom. The van der Waals surface area contributed by atoms with Crippen LogP contribution in [0.3, 0.4) is 0 Å². The maximum absolute atomic E-state index is 17.5. The first-order valence-corrected chi connectivity index (χ1v) is 28.5. The van der Waals surface area contributed by atoms with Gasteiger partial charge in [0.05, 0.1) is 52.6 Å². The molecule has 2 unspecified atom stereocenters. The second kappa shape index (κ2) is 21.0. The van der Waals surface area contributed by atoms with Crippen molar-refractivity contribution in [3.8, 4) is 29.6 Å². The molecule has 7 atom stereocenters. The fourth-order valence-corrected chi connectivity index (χ4v) is 14.5. The number of piperidine rings is 3. The molecule has 6 aromatic rings. The molecule has 6 fully saturated rings. The number of fused-ring (bicyclic) bond motifs is 5. The van der Waals surface area contributed by atoms with Crippen LogP contribution in [0.15, 0.2) is 48.5 Å². The number of rotatable bonds is 10. The molecule has 16 nitrogen and oxygen atoms in total. The molecule has 2 amide bonds. The molecule has 10 heterocycles. The highest BCUT2D eigenvalue weighted by Gasteiger charge is 2.50. The number of anilines is 2. The van der Waals surface area contributed by atoms with Crippen molar-refractivity contribution in [2.45, 2.75) is 119 Å². The number of aliphatic hydroxyl groups excluding tert-OH is 1. The number of carbonyl (C=O) groups excluding carboxylic acids is 2. The van der Waals surface area contributed by atoms with E-state index in [9.17, 15) is 14.7 Å². The van der Waals surface area contributed by atoms with Gasteiger partial charge in [0.1, 0.15) is 48.5 Å². The first-order chi connectivity index (χ1) is 38.4. The van der Waals surface area contributed by atoms with Crippen molar-refractivity contribution >= 4 is 56.1 Å². The Hall–Kier alpha value is -6.75. The molecule has 2 N–H and O–H groups in total. The molecule has 19 heteroatoms. The van der Waals surface area contributed by atoms with Gasteiger partial charge in [-0.1, -0.05) is 30.2 Å². The molecule has 3 aromatic carbocycles. The molecule has 79 heavy (non-hydrogen) atoms. The Balaban J connectivity index is 0.641. The maximum atomic E-state index is 17.5. The summed E-state index contributed by atoms with van der Waals surface area (Å²) in [6, 6.07) is 14.6. The zero-order chi connectivity index (χ0) is 54.1. The molecule has 414 valence electrons.